The zero-order valence-electron chi connectivity index (χ0n) is 10.7. The molecule has 0 spiro atoms. The number of ether oxygens (including phenoxy) is 1. The molecular formula is C14H16N2O3. The van der Waals surface area contributed by atoms with Gasteiger partial charge in [-0.15, -0.1) is 0 Å². The van der Waals surface area contributed by atoms with E-state index >= 15 is 0 Å². The molecule has 0 aliphatic heterocycles. The fourth-order valence-electron chi connectivity index (χ4n) is 1.62. The number of hydrogen-bond acceptors (Lipinski definition) is 4. The molecule has 2 N–H and O–H groups in total. The van der Waals surface area contributed by atoms with Crippen molar-refractivity contribution in [3.8, 4) is 5.75 Å². The quantitative estimate of drug-likeness (QED) is 0.834. The van der Waals surface area contributed by atoms with E-state index in [0.717, 1.165) is 5.76 Å². The standard InChI is InChI=1S/C14H16N2O3/c1-18-12-5-2-4-11(8-12)16-14(17)10-15-9-13-6-3-7-19-13/h2-8,15H,9-10H2,1H3,(H,16,17). The number of carbonyl (C=O) groups excluding carboxylic acids is 1. The molecule has 5 nitrogen and oxygen atoms in total. The van der Waals surface area contributed by atoms with Gasteiger partial charge in [0, 0.05) is 11.8 Å². The van der Waals surface area contributed by atoms with Crippen molar-refractivity contribution in [3.63, 3.8) is 0 Å². The van der Waals surface area contributed by atoms with Gasteiger partial charge < -0.3 is 19.8 Å². The molecule has 0 radical (unpaired) electrons. The van der Waals surface area contributed by atoms with Crippen molar-refractivity contribution in [2.75, 3.05) is 19.0 Å². The van der Waals surface area contributed by atoms with E-state index in [4.69, 9.17) is 9.15 Å². The minimum Gasteiger partial charge on any atom is -0.497 e. The van der Waals surface area contributed by atoms with E-state index in [9.17, 15) is 4.79 Å². The molecule has 0 unspecified atom stereocenters. The van der Waals surface area contributed by atoms with Gasteiger partial charge in [-0.2, -0.15) is 0 Å². The second-order valence-corrected chi connectivity index (χ2v) is 3.96. The number of methoxy groups -OCH3 is 1. The van der Waals surface area contributed by atoms with Crippen LogP contribution in [-0.4, -0.2) is 19.6 Å². The Labute approximate surface area is 111 Å². The van der Waals surface area contributed by atoms with E-state index in [1.807, 2.05) is 30.3 Å². The van der Waals surface area contributed by atoms with Crippen molar-refractivity contribution in [1.82, 2.24) is 5.32 Å². The largest absolute Gasteiger partial charge is 0.497 e. The smallest absolute Gasteiger partial charge is 0.238 e. The number of anilines is 1. The monoisotopic (exact) mass is 260 g/mol. The maximum atomic E-state index is 11.7. The third-order valence-corrected chi connectivity index (χ3v) is 2.52. The SMILES string of the molecule is COc1cccc(NC(=O)CNCc2ccco2)c1. The second kappa shape index (κ2) is 6.61. The number of amides is 1. The predicted octanol–water partition coefficient (Wildman–Crippen LogP) is 2.02. The van der Waals surface area contributed by atoms with Gasteiger partial charge in [0.05, 0.1) is 26.5 Å². The first-order chi connectivity index (χ1) is 9.28. The zero-order valence-corrected chi connectivity index (χ0v) is 10.7. The minimum absolute atomic E-state index is 0.111. The Bertz CT molecular complexity index is 523. The molecule has 2 aromatic rings. The fraction of sp³-hybridized carbons (Fsp3) is 0.214. The second-order valence-electron chi connectivity index (χ2n) is 3.96. The molecule has 1 amide bonds. The molecular weight excluding hydrogens is 244 g/mol. The molecule has 0 saturated heterocycles. The highest BCUT2D eigenvalue weighted by Gasteiger charge is 2.03. The van der Waals surface area contributed by atoms with Crippen LogP contribution in [0.25, 0.3) is 0 Å². The van der Waals surface area contributed by atoms with Gasteiger partial charge in [-0.1, -0.05) is 6.07 Å². The topological polar surface area (TPSA) is 63.5 Å². The Hall–Kier alpha value is -2.27. The van der Waals surface area contributed by atoms with Crippen LogP contribution in [0.15, 0.2) is 47.1 Å². The maximum absolute atomic E-state index is 11.7. The number of rotatable bonds is 6. The lowest BCUT2D eigenvalue weighted by Gasteiger charge is -2.07. The van der Waals surface area contributed by atoms with Crippen LogP contribution in [-0.2, 0) is 11.3 Å². The third-order valence-electron chi connectivity index (χ3n) is 2.52. The highest BCUT2D eigenvalue weighted by atomic mass is 16.5. The summed E-state index contributed by atoms with van der Waals surface area (Å²) in [7, 11) is 1.59. The lowest BCUT2D eigenvalue weighted by atomic mass is 10.3. The van der Waals surface area contributed by atoms with Gasteiger partial charge in [-0.05, 0) is 24.3 Å². The number of benzene rings is 1. The highest BCUT2D eigenvalue weighted by Crippen LogP contribution is 2.16. The summed E-state index contributed by atoms with van der Waals surface area (Å²) in [6, 6.07) is 10.9. The Kier molecular flexibility index (Phi) is 4.58. The van der Waals surface area contributed by atoms with Crippen LogP contribution in [0, 0.1) is 0 Å². The molecule has 0 bridgehead atoms. The zero-order chi connectivity index (χ0) is 13.5. The van der Waals surface area contributed by atoms with Gasteiger partial charge in [0.2, 0.25) is 5.91 Å². The van der Waals surface area contributed by atoms with Gasteiger partial charge in [-0.3, -0.25) is 4.79 Å². The van der Waals surface area contributed by atoms with E-state index in [0.29, 0.717) is 18.0 Å². The van der Waals surface area contributed by atoms with Crippen molar-refractivity contribution in [1.29, 1.82) is 0 Å². The van der Waals surface area contributed by atoms with Crippen LogP contribution < -0.4 is 15.4 Å². The van der Waals surface area contributed by atoms with E-state index in [1.54, 1.807) is 19.4 Å². The summed E-state index contributed by atoms with van der Waals surface area (Å²) in [4.78, 5) is 11.7. The Morgan fingerprint density at radius 3 is 2.95 bits per heavy atom. The van der Waals surface area contributed by atoms with Gasteiger partial charge in [0.1, 0.15) is 11.5 Å². The molecule has 0 atom stereocenters. The summed E-state index contributed by atoms with van der Waals surface area (Å²) < 4.78 is 10.2. The maximum Gasteiger partial charge on any atom is 0.238 e. The van der Waals surface area contributed by atoms with Crippen molar-refractivity contribution >= 4 is 11.6 Å². The summed E-state index contributed by atoms with van der Waals surface area (Å²) in [5.41, 5.74) is 0.712. The minimum atomic E-state index is -0.111. The van der Waals surface area contributed by atoms with Crippen LogP contribution in [0.3, 0.4) is 0 Å². The molecule has 19 heavy (non-hydrogen) atoms. The van der Waals surface area contributed by atoms with Gasteiger partial charge in [0.25, 0.3) is 0 Å². The molecule has 1 heterocycles. The fourth-order valence-corrected chi connectivity index (χ4v) is 1.62. The Balaban J connectivity index is 1.77. The number of hydrogen-bond donors (Lipinski definition) is 2. The van der Waals surface area contributed by atoms with Crippen LogP contribution >= 0.6 is 0 Å². The first-order valence-corrected chi connectivity index (χ1v) is 5.95. The molecule has 0 fully saturated rings. The summed E-state index contributed by atoms with van der Waals surface area (Å²) in [6.07, 6.45) is 1.60. The first kappa shape index (κ1) is 13.2. The van der Waals surface area contributed by atoms with Gasteiger partial charge in [-0.25, -0.2) is 0 Å². The van der Waals surface area contributed by atoms with E-state index in [-0.39, 0.29) is 12.5 Å². The molecule has 2 rings (SSSR count). The van der Waals surface area contributed by atoms with Crippen LogP contribution in [0.2, 0.25) is 0 Å². The van der Waals surface area contributed by atoms with Crippen LogP contribution in [0.4, 0.5) is 5.69 Å². The molecule has 1 aromatic heterocycles. The van der Waals surface area contributed by atoms with Crippen LogP contribution in [0.1, 0.15) is 5.76 Å². The number of nitrogens with one attached hydrogen (secondary N) is 2. The summed E-state index contributed by atoms with van der Waals surface area (Å²) in [5, 5.41) is 5.78. The molecule has 0 saturated carbocycles. The van der Waals surface area contributed by atoms with Gasteiger partial charge in [0.15, 0.2) is 0 Å². The van der Waals surface area contributed by atoms with E-state index in [2.05, 4.69) is 10.6 Å². The molecule has 5 heteroatoms. The molecule has 0 aliphatic carbocycles. The summed E-state index contributed by atoms with van der Waals surface area (Å²) >= 11 is 0. The van der Waals surface area contributed by atoms with Crippen molar-refractivity contribution in [2.45, 2.75) is 6.54 Å². The van der Waals surface area contributed by atoms with Crippen molar-refractivity contribution in [3.05, 3.63) is 48.4 Å². The number of furan rings is 1. The lowest BCUT2D eigenvalue weighted by Crippen LogP contribution is -2.27. The predicted molar refractivity (Wildman–Crippen MR) is 72.0 cm³/mol. The lowest BCUT2D eigenvalue weighted by molar-refractivity contribution is -0.115. The van der Waals surface area contributed by atoms with Gasteiger partial charge >= 0.3 is 0 Å². The normalized spacial score (nSPS) is 10.2. The first-order valence-electron chi connectivity index (χ1n) is 5.95. The molecule has 100 valence electrons. The summed E-state index contributed by atoms with van der Waals surface area (Å²) in [5.74, 6) is 1.40. The Morgan fingerprint density at radius 1 is 1.32 bits per heavy atom. The average Bonchev–Trinajstić information content (AvgIpc) is 2.92. The van der Waals surface area contributed by atoms with Crippen molar-refractivity contribution < 1.29 is 13.9 Å². The molecule has 0 aliphatic rings. The van der Waals surface area contributed by atoms with E-state index < -0.39 is 0 Å². The molecule has 1 aromatic carbocycles. The number of carbonyl (C=O) groups is 1. The Morgan fingerprint density at radius 2 is 2.21 bits per heavy atom. The third kappa shape index (κ3) is 4.15. The highest BCUT2D eigenvalue weighted by molar-refractivity contribution is 5.92. The summed E-state index contributed by atoms with van der Waals surface area (Å²) in [6.45, 7) is 0.746. The van der Waals surface area contributed by atoms with Crippen LogP contribution in [0.5, 0.6) is 5.75 Å². The average molecular weight is 260 g/mol. The van der Waals surface area contributed by atoms with Crippen molar-refractivity contribution in [2.24, 2.45) is 0 Å². The van der Waals surface area contributed by atoms with E-state index in [1.165, 1.54) is 0 Å².